The fraction of sp³-hybridized carbons (Fsp3) is 0.321. The summed E-state index contributed by atoms with van der Waals surface area (Å²) in [5.41, 5.74) is 3.30. The Morgan fingerprint density at radius 1 is 1.03 bits per heavy atom. The molecule has 0 radical (unpaired) electrons. The van der Waals surface area contributed by atoms with E-state index in [1.54, 1.807) is 18.2 Å². The standard InChI is InChI=1S/C28H33N3O4S/c1-20(21-8-6-5-7-9-21)31(28(32)22-10-11-22)19-23-18-24(12-17-27(23)30(2)3)29-36(33,34)26-15-13-25(35-4)14-16-26/h5-9,12-18,20,22,29H,10-11,19H2,1-4H3. The number of sulfonamides is 1. The monoisotopic (exact) mass is 507 g/mol. The zero-order valence-electron chi connectivity index (χ0n) is 21.1. The van der Waals surface area contributed by atoms with Crippen molar-refractivity contribution >= 4 is 27.3 Å². The Kier molecular flexibility index (Phi) is 7.54. The van der Waals surface area contributed by atoms with Crippen LogP contribution in [0, 0.1) is 5.92 Å². The molecule has 4 rings (SSSR count). The highest BCUT2D eigenvalue weighted by Gasteiger charge is 2.36. The number of carbonyl (C=O) groups is 1. The second kappa shape index (κ2) is 10.6. The second-order valence-electron chi connectivity index (χ2n) is 9.35. The molecule has 0 saturated heterocycles. The van der Waals surface area contributed by atoms with Gasteiger partial charge in [-0.1, -0.05) is 30.3 Å². The molecule has 1 amide bonds. The molecule has 190 valence electrons. The molecule has 0 heterocycles. The van der Waals surface area contributed by atoms with Crippen LogP contribution < -0.4 is 14.4 Å². The Hall–Kier alpha value is -3.52. The largest absolute Gasteiger partial charge is 0.497 e. The molecule has 36 heavy (non-hydrogen) atoms. The number of hydrogen-bond acceptors (Lipinski definition) is 5. The third-order valence-electron chi connectivity index (χ3n) is 6.48. The molecule has 3 aromatic carbocycles. The van der Waals surface area contributed by atoms with Gasteiger partial charge in [0.25, 0.3) is 10.0 Å². The number of carbonyl (C=O) groups excluding carboxylic acids is 1. The number of methoxy groups -OCH3 is 1. The van der Waals surface area contributed by atoms with Crippen LogP contribution in [-0.2, 0) is 21.4 Å². The van der Waals surface area contributed by atoms with Crippen molar-refractivity contribution in [2.24, 2.45) is 5.92 Å². The molecule has 1 saturated carbocycles. The zero-order chi connectivity index (χ0) is 25.9. The summed E-state index contributed by atoms with van der Waals surface area (Å²) in [6.07, 6.45) is 1.83. The van der Waals surface area contributed by atoms with Gasteiger partial charge < -0.3 is 14.5 Å². The van der Waals surface area contributed by atoms with Crippen LogP contribution >= 0.6 is 0 Å². The number of nitrogens with one attached hydrogen (secondary N) is 1. The molecule has 0 bridgehead atoms. The van der Waals surface area contributed by atoms with E-state index in [9.17, 15) is 13.2 Å². The summed E-state index contributed by atoms with van der Waals surface area (Å²) in [5.74, 6) is 0.788. The van der Waals surface area contributed by atoms with E-state index in [0.29, 0.717) is 18.0 Å². The molecule has 0 aliphatic heterocycles. The topological polar surface area (TPSA) is 79.0 Å². The SMILES string of the molecule is COc1ccc(S(=O)(=O)Nc2ccc(N(C)C)c(CN(C(=O)C3CC3)C(C)c3ccccc3)c2)cc1. The van der Waals surface area contributed by atoms with E-state index in [1.807, 2.05) is 73.3 Å². The molecule has 1 atom stereocenters. The Morgan fingerprint density at radius 2 is 1.69 bits per heavy atom. The minimum Gasteiger partial charge on any atom is -0.497 e. The number of benzene rings is 3. The van der Waals surface area contributed by atoms with Crippen LogP contribution in [0.25, 0.3) is 0 Å². The smallest absolute Gasteiger partial charge is 0.261 e. The van der Waals surface area contributed by atoms with Crippen molar-refractivity contribution in [3.05, 3.63) is 83.9 Å². The molecular formula is C28H33N3O4S. The van der Waals surface area contributed by atoms with E-state index in [0.717, 1.165) is 29.7 Å². The maximum Gasteiger partial charge on any atom is 0.261 e. The van der Waals surface area contributed by atoms with E-state index in [-0.39, 0.29) is 22.8 Å². The van der Waals surface area contributed by atoms with Gasteiger partial charge in [-0.05, 0) is 73.4 Å². The lowest BCUT2D eigenvalue weighted by Gasteiger charge is -2.32. The van der Waals surface area contributed by atoms with Gasteiger partial charge in [-0.25, -0.2) is 8.42 Å². The second-order valence-corrected chi connectivity index (χ2v) is 11.0. The first-order valence-electron chi connectivity index (χ1n) is 12.0. The van der Waals surface area contributed by atoms with Crippen molar-refractivity contribution in [3.8, 4) is 5.75 Å². The van der Waals surface area contributed by atoms with Crippen molar-refractivity contribution in [2.75, 3.05) is 30.8 Å². The molecule has 1 N–H and O–H groups in total. The number of rotatable bonds is 10. The fourth-order valence-electron chi connectivity index (χ4n) is 4.25. The maximum absolute atomic E-state index is 13.3. The van der Waals surface area contributed by atoms with E-state index < -0.39 is 10.0 Å². The molecule has 1 unspecified atom stereocenters. The summed E-state index contributed by atoms with van der Waals surface area (Å²) in [5, 5.41) is 0. The molecular weight excluding hydrogens is 474 g/mol. The zero-order valence-corrected chi connectivity index (χ0v) is 22.0. The summed E-state index contributed by atoms with van der Waals surface area (Å²) in [4.78, 5) is 17.4. The predicted molar refractivity (Wildman–Crippen MR) is 143 cm³/mol. The Labute approximate surface area is 213 Å². The lowest BCUT2D eigenvalue weighted by Crippen LogP contribution is -2.34. The summed E-state index contributed by atoms with van der Waals surface area (Å²) in [6, 6.07) is 21.6. The quantitative estimate of drug-likeness (QED) is 0.415. The summed E-state index contributed by atoms with van der Waals surface area (Å²) in [7, 11) is 1.61. The van der Waals surface area contributed by atoms with E-state index in [1.165, 1.54) is 19.2 Å². The maximum atomic E-state index is 13.3. The average Bonchev–Trinajstić information content (AvgIpc) is 3.72. The Balaban J connectivity index is 1.65. The predicted octanol–water partition coefficient (Wildman–Crippen LogP) is 5.06. The number of anilines is 2. The van der Waals surface area contributed by atoms with Crippen LogP contribution in [0.3, 0.4) is 0 Å². The van der Waals surface area contributed by atoms with Gasteiger partial charge in [-0.3, -0.25) is 9.52 Å². The number of nitrogens with zero attached hydrogens (tertiary/aromatic N) is 2. The molecule has 3 aromatic rings. The first-order chi connectivity index (χ1) is 17.2. The molecule has 1 aliphatic rings. The first kappa shape index (κ1) is 25.6. The minimum atomic E-state index is -3.80. The van der Waals surface area contributed by atoms with E-state index in [2.05, 4.69) is 4.72 Å². The van der Waals surface area contributed by atoms with Gasteiger partial charge >= 0.3 is 0 Å². The third kappa shape index (κ3) is 5.82. The molecule has 0 aromatic heterocycles. The van der Waals surface area contributed by atoms with Crippen molar-refractivity contribution in [3.63, 3.8) is 0 Å². The van der Waals surface area contributed by atoms with Gasteiger partial charge in [0.2, 0.25) is 5.91 Å². The normalized spacial score (nSPS) is 14.1. The highest BCUT2D eigenvalue weighted by Crippen LogP contribution is 2.36. The van der Waals surface area contributed by atoms with Crippen molar-refractivity contribution in [1.82, 2.24) is 4.90 Å². The van der Waals surface area contributed by atoms with Gasteiger partial charge in [0.05, 0.1) is 18.0 Å². The van der Waals surface area contributed by atoms with Crippen LogP contribution in [-0.4, -0.2) is 40.4 Å². The van der Waals surface area contributed by atoms with Gasteiger partial charge in [0.1, 0.15) is 5.75 Å². The molecule has 7 nitrogen and oxygen atoms in total. The van der Waals surface area contributed by atoms with Crippen LogP contribution in [0.4, 0.5) is 11.4 Å². The van der Waals surface area contributed by atoms with Gasteiger partial charge in [0.15, 0.2) is 0 Å². The first-order valence-corrected chi connectivity index (χ1v) is 13.5. The van der Waals surface area contributed by atoms with E-state index in [4.69, 9.17) is 4.74 Å². The number of amides is 1. The van der Waals surface area contributed by atoms with Gasteiger partial charge in [0, 0.05) is 37.9 Å². The summed E-state index contributed by atoms with van der Waals surface area (Å²) >= 11 is 0. The van der Waals surface area contributed by atoms with Crippen LogP contribution in [0.2, 0.25) is 0 Å². The molecule has 1 fully saturated rings. The van der Waals surface area contributed by atoms with Crippen molar-refractivity contribution in [1.29, 1.82) is 0 Å². The lowest BCUT2D eigenvalue weighted by atomic mass is 10.0. The van der Waals surface area contributed by atoms with Crippen LogP contribution in [0.15, 0.2) is 77.7 Å². The van der Waals surface area contributed by atoms with Crippen molar-refractivity contribution in [2.45, 2.75) is 37.2 Å². The highest BCUT2D eigenvalue weighted by molar-refractivity contribution is 7.92. The van der Waals surface area contributed by atoms with Crippen LogP contribution in [0.1, 0.15) is 36.9 Å². The van der Waals surface area contributed by atoms with Gasteiger partial charge in [-0.2, -0.15) is 0 Å². The minimum absolute atomic E-state index is 0.0655. The summed E-state index contributed by atoms with van der Waals surface area (Å²) < 4.78 is 33.9. The fourth-order valence-corrected chi connectivity index (χ4v) is 5.30. The van der Waals surface area contributed by atoms with Gasteiger partial charge in [-0.15, -0.1) is 0 Å². The molecule has 8 heteroatoms. The Morgan fingerprint density at radius 3 is 2.28 bits per heavy atom. The Bertz CT molecular complexity index is 1300. The molecule has 0 spiro atoms. The van der Waals surface area contributed by atoms with Crippen molar-refractivity contribution < 1.29 is 17.9 Å². The number of hydrogen-bond donors (Lipinski definition) is 1. The average molecular weight is 508 g/mol. The van der Waals surface area contributed by atoms with Crippen LogP contribution in [0.5, 0.6) is 5.75 Å². The van der Waals surface area contributed by atoms with E-state index >= 15 is 0 Å². The highest BCUT2D eigenvalue weighted by atomic mass is 32.2. The molecule has 1 aliphatic carbocycles. The number of ether oxygens (including phenoxy) is 1. The summed E-state index contributed by atoms with van der Waals surface area (Å²) in [6.45, 7) is 2.41. The third-order valence-corrected chi connectivity index (χ3v) is 7.88. The lowest BCUT2D eigenvalue weighted by molar-refractivity contribution is -0.135.